The summed E-state index contributed by atoms with van der Waals surface area (Å²) in [4.78, 5) is 16.7. The number of benzene rings is 2. The molecule has 0 unspecified atom stereocenters. The number of aromatic nitrogens is 1. The van der Waals surface area contributed by atoms with Gasteiger partial charge in [0.2, 0.25) is 0 Å². The molecule has 2 aromatic carbocycles. The molecule has 0 bridgehead atoms. The van der Waals surface area contributed by atoms with Crippen molar-refractivity contribution in [2.45, 2.75) is 6.92 Å². The summed E-state index contributed by atoms with van der Waals surface area (Å²) in [5.41, 5.74) is 3.20. The van der Waals surface area contributed by atoms with Crippen LogP contribution in [-0.4, -0.2) is 10.9 Å². The Morgan fingerprint density at radius 1 is 1.00 bits per heavy atom. The summed E-state index contributed by atoms with van der Waals surface area (Å²) in [5.74, 6) is -0.110. The van der Waals surface area contributed by atoms with Crippen molar-refractivity contribution in [1.82, 2.24) is 4.98 Å². The average Bonchev–Trinajstić information content (AvgIpc) is 2.48. The largest absolute Gasteiger partial charge is 0.321 e. The molecule has 3 rings (SSSR count). The van der Waals surface area contributed by atoms with Crippen molar-refractivity contribution < 1.29 is 4.79 Å². The van der Waals surface area contributed by atoms with Gasteiger partial charge in [-0.2, -0.15) is 0 Å². The number of hydrogen-bond donors (Lipinski definition) is 1. The number of carbonyl (C=O) groups excluding carboxylic acids is 1. The molecule has 0 saturated heterocycles. The summed E-state index contributed by atoms with van der Waals surface area (Å²) in [5, 5.41) is 3.91. The fourth-order valence-electron chi connectivity index (χ4n) is 2.20. The smallest absolute Gasteiger partial charge is 0.255 e. The van der Waals surface area contributed by atoms with Gasteiger partial charge in [0.15, 0.2) is 0 Å². The van der Waals surface area contributed by atoms with Gasteiger partial charge in [-0.25, -0.2) is 0 Å². The zero-order valence-electron chi connectivity index (χ0n) is 11.1. The van der Waals surface area contributed by atoms with E-state index in [-0.39, 0.29) is 5.91 Å². The van der Waals surface area contributed by atoms with E-state index in [1.807, 2.05) is 55.5 Å². The molecule has 0 aliphatic rings. The first kappa shape index (κ1) is 12.4. The van der Waals surface area contributed by atoms with Gasteiger partial charge in [0.25, 0.3) is 5.91 Å². The van der Waals surface area contributed by atoms with Gasteiger partial charge < -0.3 is 5.32 Å². The van der Waals surface area contributed by atoms with Crippen molar-refractivity contribution in [2.24, 2.45) is 0 Å². The van der Waals surface area contributed by atoms with Crippen LogP contribution in [0, 0.1) is 6.92 Å². The van der Waals surface area contributed by atoms with Gasteiger partial charge in [0, 0.05) is 16.6 Å². The van der Waals surface area contributed by atoms with Gasteiger partial charge in [0.1, 0.15) is 0 Å². The average molecular weight is 262 g/mol. The van der Waals surface area contributed by atoms with E-state index in [4.69, 9.17) is 0 Å². The Kier molecular flexibility index (Phi) is 3.17. The number of amides is 1. The Morgan fingerprint density at radius 2 is 1.70 bits per heavy atom. The maximum Gasteiger partial charge on any atom is 0.255 e. The molecule has 0 atom stereocenters. The summed E-state index contributed by atoms with van der Waals surface area (Å²) in [7, 11) is 0. The van der Waals surface area contributed by atoms with E-state index in [1.54, 1.807) is 12.1 Å². The number of rotatable bonds is 2. The Bertz CT molecular complexity index is 766. The number of nitrogens with one attached hydrogen (secondary N) is 1. The van der Waals surface area contributed by atoms with Crippen molar-refractivity contribution in [1.29, 1.82) is 0 Å². The van der Waals surface area contributed by atoms with E-state index in [2.05, 4.69) is 10.3 Å². The maximum atomic E-state index is 12.2. The molecule has 0 fully saturated rings. The number of hydrogen-bond acceptors (Lipinski definition) is 2. The minimum absolute atomic E-state index is 0.110. The van der Waals surface area contributed by atoms with Crippen molar-refractivity contribution in [3.8, 4) is 0 Å². The highest BCUT2D eigenvalue weighted by Gasteiger charge is 2.09. The van der Waals surface area contributed by atoms with Crippen molar-refractivity contribution in [3.05, 3.63) is 71.9 Å². The fourth-order valence-corrected chi connectivity index (χ4v) is 2.20. The molecule has 0 aliphatic carbocycles. The van der Waals surface area contributed by atoms with Crippen LogP contribution in [0.4, 0.5) is 5.69 Å². The number of anilines is 1. The summed E-state index contributed by atoms with van der Waals surface area (Å²) < 4.78 is 0. The van der Waals surface area contributed by atoms with Gasteiger partial charge in [-0.3, -0.25) is 9.78 Å². The van der Waals surface area contributed by atoms with Crippen LogP contribution in [0.15, 0.2) is 60.7 Å². The molecule has 3 aromatic rings. The first-order chi connectivity index (χ1) is 9.74. The number of fused-ring (bicyclic) bond motifs is 1. The molecule has 0 spiro atoms. The Hall–Kier alpha value is -2.68. The molecule has 1 amide bonds. The molecule has 98 valence electrons. The molecule has 3 nitrogen and oxygen atoms in total. The number of aryl methyl sites for hydroxylation is 1. The number of pyridine rings is 1. The molecule has 0 aliphatic heterocycles. The van der Waals surface area contributed by atoms with Crippen LogP contribution in [0.3, 0.4) is 0 Å². The summed E-state index contributed by atoms with van der Waals surface area (Å²) in [6.45, 7) is 1.92. The third kappa shape index (κ3) is 2.38. The Labute approximate surface area is 117 Å². The van der Waals surface area contributed by atoms with Crippen LogP contribution in [-0.2, 0) is 0 Å². The lowest BCUT2D eigenvalue weighted by molar-refractivity contribution is 0.102. The lowest BCUT2D eigenvalue weighted by Gasteiger charge is -2.09. The normalized spacial score (nSPS) is 10.4. The fraction of sp³-hybridized carbons (Fsp3) is 0.0588. The molecule has 3 heteroatoms. The van der Waals surface area contributed by atoms with E-state index in [0.717, 1.165) is 22.3 Å². The van der Waals surface area contributed by atoms with Gasteiger partial charge >= 0.3 is 0 Å². The number of carbonyl (C=O) groups is 1. The number of nitrogens with zero attached hydrogens (tertiary/aromatic N) is 1. The quantitative estimate of drug-likeness (QED) is 0.763. The lowest BCUT2D eigenvalue weighted by Crippen LogP contribution is -2.12. The van der Waals surface area contributed by atoms with E-state index in [1.165, 1.54) is 0 Å². The minimum atomic E-state index is -0.110. The predicted molar refractivity (Wildman–Crippen MR) is 80.9 cm³/mol. The molecular weight excluding hydrogens is 248 g/mol. The molecule has 1 aromatic heterocycles. The molecular formula is C17H14N2O. The zero-order valence-corrected chi connectivity index (χ0v) is 11.1. The molecule has 1 heterocycles. The topological polar surface area (TPSA) is 42.0 Å². The van der Waals surface area contributed by atoms with Crippen molar-refractivity contribution in [2.75, 3.05) is 5.32 Å². The molecule has 0 saturated carbocycles. The Balaban J connectivity index is 2.01. The third-order valence-corrected chi connectivity index (χ3v) is 3.13. The zero-order chi connectivity index (χ0) is 13.9. The molecule has 0 radical (unpaired) electrons. The first-order valence-corrected chi connectivity index (χ1v) is 6.47. The number of para-hydroxylation sites is 1. The highest BCUT2D eigenvalue weighted by atomic mass is 16.1. The highest BCUT2D eigenvalue weighted by Crippen LogP contribution is 2.23. The van der Waals surface area contributed by atoms with Crippen LogP contribution in [0.5, 0.6) is 0 Å². The van der Waals surface area contributed by atoms with Crippen LogP contribution in [0.1, 0.15) is 16.1 Å². The Morgan fingerprint density at radius 3 is 2.50 bits per heavy atom. The summed E-state index contributed by atoms with van der Waals surface area (Å²) >= 11 is 0. The van der Waals surface area contributed by atoms with Gasteiger partial charge in [0.05, 0.1) is 11.2 Å². The van der Waals surface area contributed by atoms with Gasteiger partial charge in [-0.15, -0.1) is 0 Å². The van der Waals surface area contributed by atoms with Crippen LogP contribution in [0.2, 0.25) is 0 Å². The first-order valence-electron chi connectivity index (χ1n) is 6.47. The monoisotopic (exact) mass is 262 g/mol. The van der Waals surface area contributed by atoms with E-state index in [0.29, 0.717) is 5.56 Å². The van der Waals surface area contributed by atoms with E-state index < -0.39 is 0 Å². The minimum Gasteiger partial charge on any atom is -0.321 e. The molecule has 1 N–H and O–H groups in total. The van der Waals surface area contributed by atoms with Crippen LogP contribution in [0.25, 0.3) is 10.9 Å². The summed E-state index contributed by atoms with van der Waals surface area (Å²) in [6, 6.07) is 18.9. The van der Waals surface area contributed by atoms with Gasteiger partial charge in [-0.1, -0.05) is 36.4 Å². The van der Waals surface area contributed by atoms with Crippen molar-refractivity contribution >= 4 is 22.5 Å². The highest BCUT2D eigenvalue weighted by molar-refractivity contribution is 6.08. The standard InChI is InChI=1S/C17H14N2O/c1-12-11-16(14-9-5-6-10-15(14)18-12)19-17(20)13-7-3-2-4-8-13/h2-11H,1H3,(H,18,19,20). The summed E-state index contributed by atoms with van der Waals surface area (Å²) in [6.07, 6.45) is 0. The van der Waals surface area contributed by atoms with E-state index in [9.17, 15) is 4.79 Å². The van der Waals surface area contributed by atoms with Crippen LogP contribution < -0.4 is 5.32 Å². The van der Waals surface area contributed by atoms with Crippen LogP contribution >= 0.6 is 0 Å². The molecule has 20 heavy (non-hydrogen) atoms. The second-order valence-corrected chi connectivity index (χ2v) is 4.65. The predicted octanol–water partition coefficient (Wildman–Crippen LogP) is 3.80. The third-order valence-electron chi connectivity index (χ3n) is 3.13. The second-order valence-electron chi connectivity index (χ2n) is 4.65. The van der Waals surface area contributed by atoms with Crippen molar-refractivity contribution in [3.63, 3.8) is 0 Å². The van der Waals surface area contributed by atoms with Gasteiger partial charge in [-0.05, 0) is 31.2 Å². The lowest BCUT2D eigenvalue weighted by atomic mass is 10.1. The second kappa shape index (κ2) is 5.13. The van der Waals surface area contributed by atoms with E-state index >= 15 is 0 Å². The maximum absolute atomic E-state index is 12.2. The SMILES string of the molecule is Cc1cc(NC(=O)c2ccccc2)c2ccccc2n1.